The van der Waals surface area contributed by atoms with E-state index in [4.69, 9.17) is 4.74 Å². The first-order valence-electron chi connectivity index (χ1n) is 11.3. The van der Waals surface area contributed by atoms with Crippen molar-refractivity contribution in [1.29, 1.82) is 0 Å². The van der Waals surface area contributed by atoms with Gasteiger partial charge in [0.1, 0.15) is 12.3 Å². The summed E-state index contributed by atoms with van der Waals surface area (Å²) in [6, 6.07) is 13.6. The molecule has 0 bridgehead atoms. The Balaban J connectivity index is 1.55. The number of aryl methyl sites for hydroxylation is 3. The quantitative estimate of drug-likeness (QED) is 0.501. The van der Waals surface area contributed by atoms with Crippen molar-refractivity contribution >= 4 is 34.5 Å². The molecule has 7 heteroatoms. The van der Waals surface area contributed by atoms with Crippen LogP contribution < -0.4 is 15.0 Å². The van der Waals surface area contributed by atoms with Crippen molar-refractivity contribution in [3.8, 4) is 17.0 Å². The molecule has 6 nitrogen and oxygen atoms in total. The lowest BCUT2D eigenvalue weighted by Gasteiger charge is -2.33. The fraction of sp³-hybridized carbons (Fsp3) is 0.346. The molecule has 1 atom stereocenters. The first-order valence-corrected chi connectivity index (χ1v) is 12.1. The van der Waals surface area contributed by atoms with Gasteiger partial charge in [0.15, 0.2) is 6.10 Å². The zero-order valence-corrected chi connectivity index (χ0v) is 20.3. The van der Waals surface area contributed by atoms with Gasteiger partial charge in [-0.1, -0.05) is 25.5 Å². The van der Waals surface area contributed by atoms with Crippen molar-refractivity contribution in [2.24, 2.45) is 0 Å². The first kappa shape index (κ1) is 23.0. The lowest BCUT2D eigenvalue weighted by atomic mass is 10.1. The zero-order valence-electron chi connectivity index (χ0n) is 19.5. The van der Waals surface area contributed by atoms with Gasteiger partial charge in [-0.2, -0.15) is 0 Å². The Morgan fingerprint density at radius 3 is 2.61 bits per heavy atom. The molecule has 1 N–H and O–H groups in total. The predicted octanol–water partition coefficient (Wildman–Crippen LogP) is 5.52. The number of amides is 2. The van der Waals surface area contributed by atoms with Gasteiger partial charge in [-0.15, -0.1) is 11.3 Å². The number of ether oxygens (including phenoxy) is 1. The van der Waals surface area contributed by atoms with Gasteiger partial charge < -0.3 is 10.1 Å². The average Bonchev–Trinajstić information content (AvgIpc) is 3.14. The smallest absolute Gasteiger partial charge is 0.268 e. The Bertz CT molecular complexity index is 1170. The Morgan fingerprint density at radius 2 is 1.94 bits per heavy atom. The number of nitrogens with one attached hydrogen (secondary N) is 1. The molecule has 33 heavy (non-hydrogen) atoms. The van der Waals surface area contributed by atoms with Gasteiger partial charge >= 0.3 is 0 Å². The summed E-state index contributed by atoms with van der Waals surface area (Å²) in [5.41, 5.74) is 4.34. The number of fused-ring (bicyclic) bond motifs is 1. The van der Waals surface area contributed by atoms with E-state index in [1.165, 1.54) is 10.5 Å². The third-order valence-electron chi connectivity index (χ3n) is 5.70. The molecule has 0 aliphatic carbocycles. The first-order chi connectivity index (χ1) is 15.9. The van der Waals surface area contributed by atoms with E-state index in [9.17, 15) is 9.59 Å². The lowest BCUT2D eigenvalue weighted by Crippen LogP contribution is -2.47. The molecule has 0 saturated carbocycles. The van der Waals surface area contributed by atoms with E-state index < -0.39 is 6.10 Å². The number of hydrogen-bond donors (Lipinski definition) is 1. The fourth-order valence-corrected chi connectivity index (χ4v) is 4.83. The minimum atomic E-state index is -0.655. The maximum absolute atomic E-state index is 12.9. The van der Waals surface area contributed by atoms with Crippen molar-refractivity contribution in [2.45, 2.75) is 53.1 Å². The Labute approximate surface area is 198 Å². The second-order valence-corrected chi connectivity index (χ2v) is 9.76. The van der Waals surface area contributed by atoms with Gasteiger partial charge in [-0.05, 0) is 69.5 Å². The number of carbonyl (C=O) groups excluding carboxylic acids is 2. The predicted molar refractivity (Wildman–Crippen MR) is 133 cm³/mol. The lowest BCUT2D eigenvalue weighted by molar-refractivity contribution is -0.127. The molecular formula is C26H29N3O3S. The number of aromatic nitrogens is 1. The molecule has 2 amide bonds. The topological polar surface area (TPSA) is 71.5 Å². The maximum atomic E-state index is 12.9. The van der Waals surface area contributed by atoms with Crippen LogP contribution in [0, 0.1) is 13.8 Å². The van der Waals surface area contributed by atoms with Crippen molar-refractivity contribution in [1.82, 2.24) is 4.98 Å². The Hall–Kier alpha value is -3.19. The molecule has 0 radical (unpaired) electrons. The molecule has 0 fully saturated rings. The van der Waals surface area contributed by atoms with Crippen LogP contribution in [0.15, 0.2) is 42.5 Å². The van der Waals surface area contributed by atoms with Crippen LogP contribution in [0.4, 0.5) is 11.4 Å². The van der Waals surface area contributed by atoms with E-state index in [1.54, 1.807) is 18.3 Å². The van der Waals surface area contributed by atoms with E-state index in [2.05, 4.69) is 17.2 Å². The van der Waals surface area contributed by atoms with Crippen LogP contribution in [-0.2, 0) is 16.0 Å². The summed E-state index contributed by atoms with van der Waals surface area (Å²) in [5, 5.41) is 3.90. The number of anilines is 2. The van der Waals surface area contributed by atoms with Crippen molar-refractivity contribution in [3.63, 3.8) is 0 Å². The van der Waals surface area contributed by atoms with E-state index in [0.717, 1.165) is 46.1 Å². The molecule has 4 rings (SSSR count). The summed E-state index contributed by atoms with van der Waals surface area (Å²) in [7, 11) is 0. The van der Waals surface area contributed by atoms with Gasteiger partial charge in [0.25, 0.3) is 5.91 Å². The van der Waals surface area contributed by atoms with Crippen LogP contribution in [0.3, 0.4) is 0 Å². The molecule has 1 aromatic heterocycles. The molecule has 3 aromatic rings. The molecule has 0 saturated heterocycles. The van der Waals surface area contributed by atoms with E-state index in [-0.39, 0.29) is 18.4 Å². The molecule has 0 spiro atoms. The highest BCUT2D eigenvalue weighted by atomic mass is 32.1. The molecule has 2 heterocycles. The minimum Gasteiger partial charge on any atom is -0.479 e. The average molecular weight is 464 g/mol. The van der Waals surface area contributed by atoms with Crippen molar-refractivity contribution < 1.29 is 14.3 Å². The largest absolute Gasteiger partial charge is 0.479 e. The second kappa shape index (κ2) is 9.75. The third kappa shape index (κ3) is 5.09. The van der Waals surface area contributed by atoms with Gasteiger partial charge in [-0.25, -0.2) is 4.98 Å². The van der Waals surface area contributed by atoms with Crippen LogP contribution in [0.25, 0.3) is 11.3 Å². The standard InChI is InChI=1S/C26H29N3O3S/c1-5-6-7-19-8-11-21(12-9-19)28-24(30)15-29-22-14-20(25-17(3)33-18(4)27-25)10-13-23(22)32-16(2)26(29)31/h8-14,16H,5-7,15H2,1-4H3,(H,28,30). The summed E-state index contributed by atoms with van der Waals surface area (Å²) < 4.78 is 5.81. The monoisotopic (exact) mass is 463 g/mol. The van der Waals surface area contributed by atoms with Gasteiger partial charge in [-0.3, -0.25) is 14.5 Å². The summed E-state index contributed by atoms with van der Waals surface area (Å²) in [4.78, 5) is 33.0. The van der Waals surface area contributed by atoms with E-state index >= 15 is 0 Å². The summed E-state index contributed by atoms with van der Waals surface area (Å²) in [5.74, 6) is 0.0928. The van der Waals surface area contributed by atoms with Crippen LogP contribution in [0.2, 0.25) is 0 Å². The number of nitrogens with zero attached hydrogens (tertiary/aromatic N) is 2. The number of carbonyl (C=O) groups is 2. The normalized spacial score (nSPS) is 15.2. The third-order valence-corrected chi connectivity index (χ3v) is 6.59. The van der Waals surface area contributed by atoms with E-state index in [1.807, 2.05) is 56.3 Å². The maximum Gasteiger partial charge on any atom is 0.268 e. The molecule has 1 aliphatic rings. The number of benzene rings is 2. The van der Waals surface area contributed by atoms with Crippen LogP contribution in [0.5, 0.6) is 5.75 Å². The molecule has 172 valence electrons. The molecule has 1 aliphatic heterocycles. The molecule has 1 unspecified atom stereocenters. The van der Waals surface area contributed by atoms with Crippen LogP contribution >= 0.6 is 11.3 Å². The Kier molecular flexibility index (Phi) is 6.79. The van der Waals surface area contributed by atoms with Crippen LogP contribution in [-0.4, -0.2) is 29.4 Å². The highest BCUT2D eigenvalue weighted by Gasteiger charge is 2.33. The zero-order chi connectivity index (χ0) is 23.5. The Morgan fingerprint density at radius 1 is 1.18 bits per heavy atom. The van der Waals surface area contributed by atoms with Crippen LogP contribution in [0.1, 0.15) is 42.1 Å². The van der Waals surface area contributed by atoms with Gasteiger partial charge in [0, 0.05) is 16.1 Å². The van der Waals surface area contributed by atoms with E-state index in [0.29, 0.717) is 11.4 Å². The summed E-state index contributed by atoms with van der Waals surface area (Å²) >= 11 is 1.63. The number of hydrogen-bond acceptors (Lipinski definition) is 5. The number of thiazole rings is 1. The fourth-order valence-electron chi connectivity index (χ4n) is 3.99. The minimum absolute atomic E-state index is 0.0877. The highest BCUT2D eigenvalue weighted by molar-refractivity contribution is 7.11. The molecule has 2 aromatic carbocycles. The molecular weight excluding hydrogens is 434 g/mol. The SMILES string of the molecule is CCCCc1ccc(NC(=O)CN2C(=O)C(C)Oc3ccc(-c4nc(C)sc4C)cc32)cc1. The van der Waals surface area contributed by atoms with Crippen molar-refractivity contribution in [3.05, 3.63) is 57.9 Å². The summed E-state index contributed by atoms with van der Waals surface area (Å²) in [6.45, 7) is 7.79. The van der Waals surface area contributed by atoms with Gasteiger partial charge in [0.2, 0.25) is 5.91 Å². The van der Waals surface area contributed by atoms with Crippen molar-refractivity contribution in [2.75, 3.05) is 16.8 Å². The number of unbranched alkanes of at least 4 members (excludes halogenated alkanes) is 1. The highest BCUT2D eigenvalue weighted by Crippen LogP contribution is 2.38. The summed E-state index contributed by atoms with van der Waals surface area (Å²) in [6.07, 6.45) is 2.67. The second-order valence-electron chi connectivity index (χ2n) is 8.35. The van der Waals surface area contributed by atoms with Gasteiger partial charge in [0.05, 0.1) is 16.4 Å². The number of rotatable bonds is 7.